The molecule has 0 radical (unpaired) electrons. The highest BCUT2D eigenvalue weighted by Crippen LogP contribution is 2.38. The summed E-state index contributed by atoms with van der Waals surface area (Å²) in [6, 6.07) is 0. The van der Waals surface area contributed by atoms with Gasteiger partial charge >= 0.3 is 0 Å². The highest BCUT2D eigenvalue weighted by Gasteiger charge is 2.20. The maximum absolute atomic E-state index is 11.2. The van der Waals surface area contributed by atoms with E-state index < -0.39 is 29.3 Å². The number of hydrogen-bond acceptors (Lipinski definition) is 4. The van der Waals surface area contributed by atoms with E-state index in [1.165, 1.54) is 20.3 Å². The fourth-order valence-electron chi connectivity index (χ4n) is 0.757. The molecule has 0 aliphatic carbocycles. The van der Waals surface area contributed by atoms with Gasteiger partial charge in [0.2, 0.25) is 0 Å². The molecule has 0 aromatic heterocycles. The van der Waals surface area contributed by atoms with Crippen LogP contribution in [0.3, 0.4) is 0 Å². The zero-order valence-corrected chi connectivity index (χ0v) is 9.93. The predicted octanol–water partition coefficient (Wildman–Crippen LogP) is 0.820. The van der Waals surface area contributed by atoms with Crippen LogP contribution in [-0.2, 0) is 19.2 Å². The van der Waals surface area contributed by atoms with E-state index in [4.69, 9.17) is 9.08 Å². The Balaban J connectivity index is 4.61. The summed E-state index contributed by atoms with van der Waals surface area (Å²) in [5.41, 5.74) is 0. The Morgan fingerprint density at radius 1 is 1.50 bits per heavy atom. The second-order valence-corrected chi connectivity index (χ2v) is 7.20. The summed E-state index contributed by atoms with van der Waals surface area (Å²) in [4.78, 5) is 0. The van der Waals surface area contributed by atoms with E-state index in [0.29, 0.717) is 0 Å². The van der Waals surface area contributed by atoms with Gasteiger partial charge in [-0.25, -0.2) is 0 Å². The van der Waals surface area contributed by atoms with Gasteiger partial charge < -0.3 is 4.52 Å². The van der Waals surface area contributed by atoms with Gasteiger partial charge in [0.25, 0.3) is 10.1 Å². The van der Waals surface area contributed by atoms with E-state index in [0.717, 1.165) is 0 Å². The van der Waals surface area contributed by atoms with Crippen molar-refractivity contribution in [2.24, 2.45) is 0 Å². The molecule has 14 heavy (non-hydrogen) atoms. The molecule has 0 aromatic rings. The van der Waals surface area contributed by atoms with Gasteiger partial charge in [-0.3, -0.25) is 9.12 Å². The van der Waals surface area contributed by atoms with Crippen molar-refractivity contribution in [3.8, 4) is 11.8 Å². The molecule has 1 N–H and O–H groups in total. The van der Waals surface area contributed by atoms with Crippen molar-refractivity contribution in [3.63, 3.8) is 0 Å². The summed E-state index contributed by atoms with van der Waals surface area (Å²) in [6.07, 6.45) is -1.05. The Labute approximate surface area is 84.0 Å². The third-order valence-corrected chi connectivity index (χ3v) is 2.53. The van der Waals surface area contributed by atoms with E-state index in [2.05, 4.69) is 11.8 Å². The molecular formula is C7H13O5PS. The van der Waals surface area contributed by atoms with Crippen molar-refractivity contribution in [3.05, 3.63) is 0 Å². The molecule has 0 amide bonds. The van der Waals surface area contributed by atoms with Gasteiger partial charge in [-0.05, 0) is 6.92 Å². The average molecular weight is 240 g/mol. The summed E-state index contributed by atoms with van der Waals surface area (Å²) in [6.45, 7) is 4.19. The van der Waals surface area contributed by atoms with Crippen LogP contribution in [0.1, 0.15) is 6.92 Å². The lowest BCUT2D eigenvalue weighted by Gasteiger charge is -2.13. The molecule has 0 aliphatic heterocycles. The van der Waals surface area contributed by atoms with Crippen LogP contribution in [0.4, 0.5) is 0 Å². The molecule has 82 valence electrons. The third-order valence-electron chi connectivity index (χ3n) is 1.05. The molecule has 0 aromatic carbocycles. The zero-order chi connectivity index (χ0) is 11.4. The molecule has 0 fully saturated rings. The molecule has 0 saturated carbocycles. The Bertz CT molecular complexity index is 382. The van der Waals surface area contributed by atoms with Crippen LogP contribution in [0.25, 0.3) is 0 Å². The topological polar surface area (TPSA) is 80.7 Å². The van der Waals surface area contributed by atoms with Crippen LogP contribution < -0.4 is 0 Å². The lowest BCUT2D eigenvalue weighted by molar-refractivity contribution is 0.282. The van der Waals surface area contributed by atoms with E-state index in [1.807, 2.05) is 0 Å². The third kappa shape index (κ3) is 8.27. The van der Waals surface area contributed by atoms with Crippen LogP contribution >= 0.6 is 7.37 Å². The Hall–Kier alpha value is -0.340. The van der Waals surface area contributed by atoms with E-state index in [9.17, 15) is 13.0 Å². The molecule has 1 unspecified atom stereocenters. The Morgan fingerprint density at radius 3 is 2.29 bits per heavy atom. The molecule has 0 bridgehead atoms. The summed E-state index contributed by atoms with van der Waals surface area (Å²) in [5.74, 6) is 4.19. The Kier molecular flexibility index (Phi) is 4.82. The predicted molar refractivity (Wildman–Crippen MR) is 54.2 cm³/mol. The van der Waals surface area contributed by atoms with Crippen molar-refractivity contribution < 1.29 is 22.1 Å². The van der Waals surface area contributed by atoms with Gasteiger partial charge in [0.15, 0.2) is 7.37 Å². The lowest BCUT2D eigenvalue weighted by Crippen LogP contribution is -2.21. The zero-order valence-electron chi connectivity index (χ0n) is 8.22. The molecule has 0 rings (SSSR count). The molecular weight excluding hydrogens is 227 g/mol. The van der Waals surface area contributed by atoms with Gasteiger partial charge in [-0.2, -0.15) is 8.42 Å². The Morgan fingerprint density at radius 2 is 2.00 bits per heavy atom. The van der Waals surface area contributed by atoms with Crippen molar-refractivity contribution in [1.82, 2.24) is 0 Å². The second-order valence-electron chi connectivity index (χ2n) is 2.99. The SMILES string of the molecule is CC#CC(CS(=O)(=O)O)OP(C)(C)=O. The highest BCUT2D eigenvalue weighted by atomic mass is 32.2. The monoisotopic (exact) mass is 240 g/mol. The normalized spacial score (nSPS) is 14.3. The standard InChI is InChI=1S/C7H13O5PS/c1-4-5-7(6-14(9,10)11)12-13(2,3)8/h7H,6H2,1-3H3,(H,9,10,11). The van der Waals surface area contributed by atoms with Gasteiger partial charge in [0, 0.05) is 13.3 Å². The second kappa shape index (κ2) is 4.94. The van der Waals surface area contributed by atoms with Crippen LogP contribution in [0, 0.1) is 11.8 Å². The maximum Gasteiger partial charge on any atom is 0.268 e. The van der Waals surface area contributed by atoms with Gasteiger partial charge in [0.1, 0.15) is 11.9 Å². The van der Waals surface area contributed by atoms with Crippen LogP contribution in [0.5, 0.6) is 0 Å². The first-order valence-corrected chi connectivity index (χ1v) is 7.88. The molecule has 0 aliphatic rings. The van der Waals surface area contributed by atoms with Crippen molar-refractivity contribution >= 4 is 17.5 Å². The quantitative estimate of drug-likeness (QED) is 0.447. The first kappa shape index (κ1) is 13.7. The fraction of sp³-hybridized carbons (Fsp3) is 0.714. The van der Waals surface area contributed by atoms with Crippen LogP contribution in [-0.4, -0.2) is 38.2 Å². The minimum atomic E-state index is -4.17. The maximum atomic E-state index is 11.2. The lowest BCUT2D eigenvalue weighted by atomic mass is 10.4. The molecule has 0 spiro atoms. The number of rotatable bonds is 4. The smallest absolute Gasteiger partial charge is 0.268 e. The van der Waals surface area contributed by atoms with Crippen LogP contribution in [0.2, 0.25) is 0 Å². The first-order valence-electron chi connectivity index (χ1n) is 3.75. The molecule has 5 nitrogen and oxygen atoms in total. The van der Waals surface area contributed by atoms with Crippen molar-refractivity contribution in [2.45, 2.75) is 13.0 Å². The van der Waals surface area contributed by atoms with Gasteiger partial charge in [0.05, 0.1) is 0 Å². The minimum Gasteiger partial charge on any atom is -0.311 e. The summed E-state index contributed by atoms with van der Waals surface area (Å²) in [7, 11) is -6.98. The van der Waals surface area contributed by atoms with Crippen molar-refractivity contribution in [2.75, 3.05) is 19.1 Å². The van der Waals surface area contributed by atoms with Crippen LogP contribution in [0.15, 0.2) is 0 Å². The minimum absolute atomic E-state index is 0.667. The summed E-state index contributed by atoms with van der Waals surface area (Å²) >= 11 is 0. The van der Waals surface area contributed by atoms with E-state index in [-0.39, 0.29) is 0 Å². The molecule has 0 saturated heterocycles. The average Bonchev–Trinajstić information content (AvgIpc) is 1.78. The largest absolute Gasteiger partial charge is 0.311 e. The van der Waals surface area contributed by atoms with Crippen molar-refractivity contribution in [1.29, 1.82) is 0 Å². The summed E-state index contributed by atoms with van der Waals surface area (Å²) in [5, 5.41) is 0. The van der Waals surface area contributed by atoms with E-state index >= 15 is 0 Å². The molecule has 7 heteroatoms. The van der Waals surface area contributed by atoms with Gasteiger partial charge in [-0.1, -0.05) is 5.92 Å². The first-order chi connectivity index (χ1) is 6.14. The highest BCUT2D eigenvalue weighted by molar-refractivity contribution is 7.85. The summed E-state index contributed by atoms with van der Waals surface area (Å²) < 4.78 is 45.7. The van der Waals surface area contributed by atoms with Gasteiger partial charge in [-0.15, -0.1) is 5.92 Å². The molecule has 1 atom stereocenters. The molecule has 0 heterocycles. The fourth-order valence-corrected chi connectivity index (χ4v) is 2.13. The van der Waals surface area contributed by atoms with E-state index in [1.54, 1.807) is 0 Å². The number of hydrogen-bond donors (Lipinski definition) is 1.